The maximum atomic E-state index is 9.96. The molecule has 0 unspecified atom stereocenters. The molecular formula is C4H10N4O. The highest BCUT2D eigenvalue weighted by atomic mass is 16.2. The number of rotatable bonds is 2. The quantitative estimate of drug-likeness (QED) is 0.290. The number of nitrogens with one attached hydrogen (secondary N) is 1. The first-order valence-corrected chi connectivity index (χ1v) is 2.38. The number of nitrogens with two attached hydrogens (primary N) is 1. The number of nitrogens with zero attached hydrogens (tertiary/aromatic N) is 2. The molecule has 0 aromatic rings. The summed E-state index contributed by atoms with van der Waals surface area (Å²) in [6, 6.07) is -0.659. The van der Waals surface area contributed by atoms with E-state index >= 15 is 0 Å². The van der Waals surface area contributed by atoms with Crippen molar-refractivity contribution < 1.29 is 4.79 Å². The van der Waals surface area contributed by atoms with E-state index < -0.39 is 6.03 Å². The minimum atomic E-state index is -0.659. The summed E-state index contributed by atoms with van der Waals surface area (Å²) in [5.74, 6) is 0. The summed E-state index contributed by atoms with van der Waals surface area (Å²) in [7, 11) is 3.57. The lowest BCUT2D eigenvalue weighted by molar-refractivity contribution is 0.249. The van der Waals surface area contributed by atoms with Gasteiger partial charge in [-0.3, -0.25) is 0 Å². The van der Waals surface area contributed by atoms with Crippen molar-refractivity contribution >= 4 is 12.4 Å². The number of carbonyl (C=O) groups is 1. The molecule has 3 N–H and O–H groups in total. The number of urea groups is 1. The predicted molar refractivity (Wildman–Crippen MR) is 34.9 cm³/mol. The molecule has 2 amide bonds. The lowest BCUT2D eigenvalue weighted by atomic mass is 11.0. The van der Waals surface area contributed by atoms with E-state index in [4.69, 9.17) is 5.73 Å². The third-order valence-electron chi connectivity index (χ3n) is 0.463. The second-order valence-electron chi connectivity index (χ2n) is 1.68. The van der Waals surface area contributed by atoms with Crippen molar-refractivity contribution in [3.8, 4) is 0 Å². The van der Waals surface area contributed by atoms with Crippen LogP contribution >= 0.6 is 0 Å². The molecule has 0 aliphatic rings. The average Bonchev–Trinajstić information content (AvgIpc) is 1.63. The molecule has 0 aromatic carbocycles. The molecular weight excluding hydrogens is 120 g/mol. The van der Waals surface area contributed by atoms with Crippen LogP contribution in [-0.4, -0.2) is 31.4 Å². The average molecular weight is 130 g/mol. The molecule has 0 radical (unpaired) electrons. The smallest absolute Gasteiger partial charge is 0.332 e. The first-order valence-electron chi connectivity index (χ1n) is 2.38. The van der Waals surface area contributed by atoms with Gasteiger partial charge >= 0.3 is 6.03 Å². The fraction of sp³-hybridized carbons (Fsp3) is 0.500. The number of hydrogen-bond acceptors (Lipinski definition) is 2. The molecule has 0 saturated heterocycles. The van der Waals surface area contributed by atoms with E-state index in [1.165, 1.54) is 6.34 Å². The van der Waals surface area contributed by atoms with Crippen LogP contribution in [0.2, 0.25) is 0 Å². The van der Waals surface area contributed by atoms with Crippen LogP contribution in [0, 0.1) is 0 Å². The van der Waals surface area contributed by atoms with Crippen molar-refractivity contribution in [1.82, 2.24) is 10.3 Å². The molecule has 0 atom stereocenters. The topological polar surface area (TPSA) is 70.7 Å². The van der Waals surface area contributed by atoms with Gasteiger partial charge in [0.1, 0.15) is 6.34 Å². The Bertz CT molecular complexity index is 120. The van der Waals surface area contributed by atoms with Crippen LogP contribution in [0.1, 0.15) is 0 Å². The zero-order chi connectivity index (χ0) is 7.28. The zero-order valence-electron chi connectivity index (χ0n) is 5.46. The Morgan fingerprint density at radius 1 is 1.78 bits per heavy atom. The summed E-state index contributed by atoms with van der Waals surface area (Å²) in [6.07, 6.45) is 1.44. The second-order valence-corrected chi connectivity index (χ2v) is 1.68. The van der Waals surface area contributed by atoms with Crippen molar-refractivity contribution in [3.05, 3.63) is 0 Å². The molecule has 5 nitrogen and oxygen atoms in total. The van der Waals surface area contributed by atoms with Gasteiger partial charge in [0.2, 0.25) is 0 Å². The lowest BCUT2D eigenvalue weighted by Crippen LogP contribution is -2.25. The Morgan fingerprint density at radius 2 is 2.33 bits per heavy atom. The van der Waals surface area contributed by atoms with Crippen molar-refractivity contribution in [2.75, 3.05) is 14.1 Å². The lowest BCUT2D eigenvalue weighted by Gasteiger charge is -2.00. The summed E-state index contributed by atoms with van der Waals surface area (Å²) >= 11 is 0. The van der Waals surface area contributed by atoms with E-state index in [0.717, 1.165) is 0 Å². The molecule has 0 aromatic heterocycles. The van der Waals surface area contributed by atoms with E-state index in [0.29, 0.717) is 0 Å². The molecule has 0 spiro atoms. The predicted octanol–water partition coefficient (Wildman–Crippen LogP) is -0.840. The summed E-state index contributed by atoms with van der Waals surface area (Å²) in [5, 5.41) is 3.45. The Labute approximate surface area is 53.5 Å². The van der Waals surface area contributed by atoms with E-state index in [1.54, 1.807) is 19.0 Å². The first kappa shape index (κ1) is 7.74. The summed E-state index contributed by atoms with van der Waals surface area (Å²) in [4.78, 5) is 11.6. The Morgan fingerprint density at radius 3 is 2.67 bits per heavy atom. The fourth-order valence-electron chi connectivity index (χ4n) is 0.208. The molecule has 5 heteroatoms. The second kappa shape index (κ2) is 3.71. The maximum absolute atomic E-state index is 9.96. The summed E-state index contributed by atoms with van der Waals surface area (Å²) in [6.45, 7) is 0. The number of primary amides is 1. The monoisotopic (exact) mass is 130 g/mol. The van der Waals surface area contributed by atoms with Gasteiger partial charge in [-0.25, -0.2) is 10.2 Å². The number of amides is 2. The zero-order valence-corrected chi connectivity index (χ0v) is 5.46. The van der Waals surface area contributed by atoms with Gasteiger partial charge < -0.3 is 10.6 Å². The highest BCUT2D eigenvalue weighted by Gasteiger charge is 1.82. The third-order valence-corrected chi connectivity index (χ3v) is 0.463. The maximum Gasteiger partial charge on any atom is 0.332 e. The Kier molecular flexibility index (Phi) is 3.19. The van der Waals surface area contributed by atoms with Crippen molar-refractivity contribution in [2.24, 2.45) is 10.8 Å². The van der Waals surface area contributed by atoms with Gasteiger partial charge in [-0.05, 0) is 0 Å². The molecule has 0 rings (SSSR count). The van der Waals surface area contributed by atoms with E-state index in [-0.39, 0.29) is 0 Å². The van der Waals surface area contributed by atoms with Gasteiger partial charge in [0.15, 0.2) is 0 Å². The standard InChI is InChI=1S/C4H10N4O/c1-8(2)3-6-7-4(5)9/h3H,1-2H3,(H3,5,7,9)/b6-3+. The molecule has 0 bridgehead atoms. The normalized spacial score (nSPS) is 9.56. The van der Waals surface area contributed by atoms with Gasteiger partial charge in [-0.15, -0.1) is 0 Å². The largest absolute Gasteiger partial charge is 0.367 e. The van der Waals surface area contributed by atoms with Crippen LogP contribution in [0.5, 0.6) is 0 Å². The molecule has 0 saturated carbocycles. The first-order chi connectivity index (χ1) is 4.13. The Hall–Kier alpha value is -1.26. The minimum absolute atomic E-state index is 0.659. The van der Waals surface area contributed by atoms with Crippen LogP contribution in [0.4, 0.5) is 4.79 Å². The van der Waals surface area contributed by atoms with Crippen molar-refractivity contribution in [2.45, 2.75) is 0 Å². The highest BCUT2D eigenvalue weighted by Crippen LogP contribution is 1.62. The van der Waals surface area contributed by atoms with E-state index in [1.807, 2.05) is 5.43 Å². The fourth-order valence-corrected chi connectivity index (χ4v) is 0.208. The summed E-state index contributed by atoms with van der Waals surface area (Å²) < 4.78 is 0. The van der Waals surface area contributed by atoms with Crippen LogP contribution in [0.3, 0.4) is 0 Å². The Balaban J connectivity index is 3.36. The molecule has 0 heterocycles. The third kappa shape index (κ3) is 6.74. The summed E-state index contributed by atoms with van der Waals surface area (Å²) in [5.41, 5.74) is 6.74. The molecule has 0 aliphatic heterocycles. The highest BCUT2D eigenvalue weighted by molar-refractivity contribution is 5.72. The molecule has 0 aliphatic carbocycles. The van der Waals surface area contributed by atoms with Crippen molar-refractivity contribution in [3.63, 3.8) is 0 Å². The molecule has 9 heavy (non-hydrogen) atoms. The van der Waals surface area contributed by atoms with E-state index in [2.05, 4.69) is 5.10 Å². The number of hydrazone groups is 1. The van der Waals surface area contributed by atoms with Gasteiger partial charge in [0, 0.05) is 14.1 Å². The van der Waals surface area contributed by atoms with Crippen LogP contribution in [0.25, 0.3) is 0 Å². The number of hydrogen-bond donors (Lipinski definition) is 2. The van der Waals surface area contributed by atoms with Crippen molar-refractivity contribution in [1.29, 1.82) is 0 Å². The van der Waals surface area contributed by atoms with Gasteiger partial charge in [-0.1, -0.05) is 0 Å². The molecule has 0 fully saturated rings. The van der Waals surface area contributed by atoms with Crippen LogP contribution in [-0.2, 0) is 0 Å². The van der Waals surface area contributed by atoms with E-state index in [9.17, 15) is 4.79 Å². The van der Waals surface area contributed by atoms with Crippen LogP contribution in [0.15, 0.2) is 5.10 Å². The van der Waals surface area contributed by atoms with Gasteiger partial charge in [0.25, 0.3) is 0 Å². The number of carbonyl (C=O) groups excluding carboxylic acids is 1. The SMILES string of the molecule is CN(C)/C=N/NC(N)=O. The van der Waals surface area contributed by atoms with Crippen LogP contribution < -0.4 is 11.2 Å². The van der Waals surface area contributed by atoms with Gasteiger partial charge in [0.05, 0.1) is 0 Å². The minimum Gasteiger partial charge on any atom is -0.367 e. The molecule has 52 valence electrons. The van der Waals surface area contributed by atoms with Gasteiger partial charge in [-0.2, -0.15) is 5.10 Å².